The van der Waals surface area contributed by atoms with Crippen LogP contribution in [-0.4, -0.2) is 35.5 Å². The van der Waals surface area contributed by atoms with Crippen molar-refractivity contribution >= 4 is 17.8 Å². The Kier molecular flexibility index (Phi) is 6.20. The van der Waals surface area contributed by atoms with Gasteiger partial charge in [0, 0.05) is 47.4 Å². The highest BCUT2D eigenvalue weighted by Crippen LogP contribution is 2.44. The van der Waals surface area contributed by atoms with Gasteiger partial charge in [0.2, 0.25) is 0 Å². The first-order valence-electron chi connectivity index (χ1n) is 9.92. The zero-order valence-electron chi connectivity index (χ0n) is 18.2. The van der Waals surface area contributed by atoms with Gasteiger partial charge in [-0.15, -0.1) is 0 Å². The van der Waals surface area contributed by atoms with Crippen molar-refractivity contribution in [1.82, 2.24) is 4.57 Å². The number of allylic oxidation sites excluding steroid dienone is 1. The lowest BCUT2D eigenvalue weighted by atomic mass is 9.78. The van der Waals surface area contributed by atoms with E-state index in [2.05, 4.69) is 4.99 Å². The van der Waals surface area contributed by atoms with E-state index in [1.54, 1.807) is 12.1 Å². The number of carboxylic acid groups (broad SMARTS) is 1. The van der Waals surface area contributed by atoms with Gasteiger partial charge in [-0.1, -0.05) is 20.8 Å². The number of aromatic nitrogens is 1. The number of halogens is 2. The summed E-state index contributed by atoms with van der Waals surface area (Å²) in [4.78, 5) is 27.2. The van der Waals surface area contributed by atoms with E-state index in [1.807, 2.05) is 25.3 Å². The third-order valence-corrected chi connectivity index (χ3v) is 5.58. The summed E-state index contributed by atoms with van der Waals surface area (Å²) in [7, 11) is 1.44. The topological polar surface area (TPSA) is 107 Å². The van der Waals surface area contributed by atoms with E-state index in [4.69, 9.17) is 10.5 Å². The van der Waals surface area contributed by atoms with Gasteiger partial charge in [0.25, 0.3) is 0 Å². The van der Waals surface area contributed by atoms with E-state index in [-0.39, 0.29) is 22.6 Å². The second-order valence-electron chi connectivity index (χ2n) is 8.62. The van der Waals surface area contributed by atoms with Crippen LogP contribution in [-0.2, 0) is 6.42 Å². The molecule has 0 saturated heterocycles. The van der Waals surface area contributed by atoms with Crippen LogP contribution >= 0.6 is 0 Å². The summed E-state index contributed by atoms with van der Waals surface area (Å²) in [6, 6.07) is 4.65. The maximum atomic E-state index is 12.6. The molecule has 1 atom stereocenters. The number of hydrogen-bond donors (Lipinski definition) is 2. The van der Waals surface area contributed by atoms with Crippen LogP contribution in [0.25, 0.3) is 16.8 Å². The summed E-state index contributed by atoms with van der Waals surface area (Å²) in [6.45, 7) is 3.20. The minimum atomic E-state index is -2.87. The Morgan fingerprint density at radius 3 is 2.53 bits per heavy atom. The predicted molar refractivity (Wildman–Crippen MR) is 119 cm³/mol. The highest BCUT2D eigenvalue weighted by atomic mass is 19.3. The van der Waals surface area contributed by atoms with Gasteiger partial charge in [-0.2, -0.15) is 8.78 Å². The van der Waals surface area contributed by atoms with Gasteiger partial charge in [0.05, 0.1) is 12.8 Å². The fraction of sp³-hybridized carbons (Fsp3) is 0.348. The van der Waals surface area contributed by atoms with Crippen LogP contribution < -0.4 is 15.9 Å². The average molecular weight is 445 g/mol. The molecule has 2 aromatic rings. The summed E-state index contributed by atoms with van der Waals surface area (Å²) in [5.74, 6) is -0.926. The first-order valence-corrected chi connectivity index (χ1v) is 9.92. The molecule has 1 aromatic heterocycles. The zero-order chi connectivity index (χ0) is 23.8. The molecule has 0 radical (unpaired) electrons. The first kappa shape index (κ1) is 23.2. The Morgan fingerprint density at radius 1 is 1.31 bits per heavy atom. The first-order chi connectivity index (χ1) is 15.0. The standard InChI is InChI=1S/C23H25F2N3O4/c1-23(2,3)20-6-12-5-15(13(9-26)10-27-22(24)25)19(32-4)7-14(12)17-8-18(29)16(21(30)31)11-28(17)20/h5,7-11,20,22H,6,26H2,1-4H3,(H,30,31)/b13-9+,27-10+. The molecule has 0 spiro atoms. The second-order valence-corrected chi connectivity index (χ2v) is 8.62. The van der Waals surface area contributed by atoms with E-state index in [0.717, 1.165) is 11.8 Å². The fourth-order valence-corrected chi connectivity index (χ4v) is 3.98. The number of aliphatic imine (C=N–C) groups is 1. The van der Waals surface area contributed by atoms with E-state index in [1.165, 1.54) is 25.6 Å². The van der Waals surface area contributed by atoms with Crippen molar-refractivity contribution in [3.05, 3.63) is 57.5 Å². The summed E-state index contributed by atoms with van der Waals surface area (Å²) in [5, 5.41) is 9.43. The summed E-state index contributed by atoms with van der Waals surface area (Å²) >= 11 is 0. The van der Waals surface area contributed by atoms with Crippen molar-refractivity contribution < 1.29 is 23.4 Å². The van der Waals surface area contributed by atoms with Gasteiger partial charge in [-0.3, -0.25) is 4.79 Å². The molecule has 2 heterocycles. The predicted octanol–water partition coefficient (Wildman–Crippen LogP) is 3.96. The van der Waals surface area contributed by atoms with E-state index < -0.39 is 17.9 Å². The monoisotopic (exact) mass is 445 g/mol. The van der Waals surface area contributed by atoms with E-state index in [9.17, 15) is 23.5 Å². The molecule has 7 nitrogen and oxygen atoms in total. The van der Waals surface area contributed by atoms with Crippen LogP contribution in [0.3, 0.4) is 0 Å². The number of hydrogen-bond acceptors (Lipinski definition) is 5. The quantitative estimate of drug-likeness (QED) is 0.535. The van der Waals surface area contributed by atoms with Gasteiger partial charge in [-0.25, -0.2) is 9.79 Å². The molecular weight excluding hydrogens is 420 g/mol. The molecule has 1 aromatic carbocycles. The number of nitrogens with zero attached hydrogens (tertiary/aromatic N) is 2. The van der Waals surface area contributed by atoms with Crippen molar-refractivity contribution in [1.29, 1.82) is 0 Å². The number of carboxylic acids is 1. The number of aromatic carboxylic acids is 1. The van der Waals surface area contributed by atoms with Crippen LogP contribution in [0.5, 0.6) is 5.75 Å². The van der Waals surface area contributed by atoms with Gasteiger partial charge in [-0.05, 0) is 29.5 Å². The molecule has 3 rings (SSSR count). The number of benzene rings is 1. The summed E-state index contributed by atoms with van der Waals surface area (Å²) in [5.41, 5.74) is 7.37. The highest BCUT2D eigenvalue weighted by molar-refractivity contribution is 6.11. The van der Waals surface area contributed by atoms with Gasteiger partial charge >= 0.3 is 12.5 Å². The lowest BCUT2D eigenvalue weighted by Gasteiger charge is -2.39. The number of rotatable bonds is 5. The smallest absolute Gasteiger partial charge is 0.341 e. The molecule has 0 amide bonds. The molecular formula is C23H25F2N3O4. The molecule has 9 heteroatoms. The third kappa shape index (κ3) is 4.28. The average Bonchev–Trinajstić information content (AvgIpc) is 2.71. The maximum Gasteiger partial charge on any atom is 0.341 e. The van der Waals surface area contributed by atoms with Crippen LogP contribution in [0.4, 0.5) is 8.78 Å². The lowest BCUT2D eigenvalue weighted by molar-refractivity contribution is 0.0693. The number of pyridine rings is 1. The summed E-state index contributed by atoms with van der Waals surface area (Å²) < 4.78 is 32.5. The molecule has 170 valence electrons. The Labute approximate surface area is 183 Å². The molecule has 0 saturated carbocycles. The minimum absolute atomic E-state index is 0.162. The normalized spacial score (nSPS) is 16.2. The van der Waals surface area contributed by atoms with E-state index >= 15 is 0 Å². The largest absolute Gasteiger partial charge is 0.496 e. The Bertz CT molecular complexity index is 1180. The number of methoxy groups -OCH3 is 1. The van der Waals surface area contributed by atoms with Crippen molar-refractivity contribution in [2.75, 3.05) is 7.11 Å². The molecule has 0 fully saturated rings. The molecule has 32 heavy (non-hydrogen) atoms. The molecule has 1 aliphatic rings. The number of alkyl halides is 2. The van der Waals surface area contributed by atoms with E-state index in [0.29, 0.717) is 29.0 Å². The lowest BCUT2D eigenvalue weighted by Crippen LogP contribution is -2.32. The van der Waals surface area contributed by atoms with Gasteiger partial charge < -0.3 is 20.1 Å². The van der Waals surface area contributed by atoms with Gasteiger partial charge in [0.15, 0.2) is 5.43 Å². The van der Waals surface area contributed by atoms with Crippen LogP contribution in [0, 0.1) is 5.41 Å². The van der Waals surface area contributed by atoms with Crippen molar-refractivity contribution in [2.24, 2.45) is 16.1 Å². The minimum Gasteiger partial charge on any atom is -0.496 e. The molecule has 3 N–H and O–H groups in total. The second kappa shape index (κ2) is 8.57. The number of fused-ring (bicyclic) bond motifs is 3. The molecule has 1 unspecified atom stereocenters. The number of nitrogens with two attached hydrogens (primary N) is 1. The molecule has 1 aliphatic heterocycles. The number of ether oxygens (including phenoxy) is 1. The third-order valence-electron chi connectivity index (χ3n) is 5.58. The van der Waals surface area contributed by atoms with Crippen LogP contribution in [0.15, 0.2) is 40.4 Å². The summed E-state index contributed by atoms with van der Waals surface area (Å²) in [6.07, 6.45) is 4.09. The van der Waals surface area contributed by atoms with Crippen molar-refractivity contribution in [3.63, 3.8) is 0 Å². The molecule has 0 bridgehead atoms. The van der Waals surface area contributed by atoms with Crippen molar-refractivity contribution in [2.45, 2.75) is 39.8 Å². The van der Waals surface area contributed by atoms with Gasteiger partial charge in [0.1, 0.15) is 11.3 Å². The zero-order valence-corrected chi connectivity index (χ0v) is 18.2. The SMILES string of the molecule is COc1cc2c(cc1C(=C/N)/C=N/C(F)F)CC(C(C)(C)C)n1cc(C(=O)O)c(=O)cc1-2. The highest BCUT2D eigenvalue weighted by Gasteiger charge is 2.34. The Hall–Kier alpha value is -3.49. The fourth-order valence-electron chi connectivity index (χ4n) is 3.98. The van der Waals surface area contributed by atoms with Crippen LogP contribution in [0.2, 0.25) is 0 Å². The molecule has 0 aliphatic carbocycles. The Morgan fingerprint density at radius 2 is 2.00 bits per heavy atom. The van der Waals surface area contributed by atoms with Crippen molar-refractivity contribution in [3.8, 4) is 17.0 Å². The maximum absolute atomic E-state index is 12.6. The number of carbonyl (C=O) groups is 1. The van der Waals surface area contributed by atoms with Crippen LogP contribution in [0.1, 0.15) is 48.3 Å². The Balaban J connectivity index is 2.29.